The molecule has 0 unspecified atom stereocenters. The number of hydrogen-bond donors (Lipinski definition) is 1. The molecule has 0 saturated carbocycles. The zero-order valence-corrected chi connectivity index (χ0v) is 16.3. The Bertz CT molecular complexity index is 781. The fourth-order valence-electron chi connectivity index (χ4n) is 3.21. The maximum atomic E-state index is 12.4. The molecular weight excluding hydrogens is 356 g/mol. The minimum Gasteiger partial charge on any atom is -0.372 e. The van der Waals surface area contributed by atoms with Crippen molar-refractivity contribution >= 4 is 29.5 Å². The van der Waals surface area contributed by atoms with Crippen LogP contribution in [-0.4, -0.2) is 66.7 Å². The first-order valence-corrected chi connectivity index (χ1v) is 9.59. The van der Waals surface area contributed by atoms with Crippen LogP contribution in [0.2, 0.25) is 0 Å². The number of carbonyl (C=O) groups is 2. The predicted octanol–water partition coefficient (Wildman–Crippen LogP) is 1.85. The van der Waals surface area contributed by atoms with Gasteiger partial charge in [-0.2, -0.15) is 0 Å². The van der Waals surface area contributed by atoms with E-state index in [1.807, 2.05) is 24.3 Å². The molecule has 1 saturated heterocycles. The summed E-state index contributed by atoms with van der Waals surface area (Å²) < 4.78 is 0. The number of rotatable bonds is 7. The number of aromatic nitrogens is 2. The molecule has 148 valence electrons. The zero-order chi connectivity index (χ0) is 19.9. The van der Waals surface area contributed by atoms with Crippen LogP contribution in [0.15, 0.2) is 36.4 Å². The van der Waals surface area contributed by atoms with Crippen LogP contribution < -0.4 is 15.1 Å². The summed E-state index contributed by atoms with van der Waals surface area (Å²) >= 11 is 0. The largest absolute Gasteiger partial charge is 0.372 e. The second kappa shape index (κ2) is 9.16. The van der Waals surface area contributed by atoms with E-state index in [4.69, 9.17) is 0 Å². The van der Waals surface area contributed by atoms with Crippen molar-refractivity contribution in [3.8, 4) is 0 Å². The number of amides is 2. The molecule has 0 bridgehead atoms. The average Bonchev–Trinajstić information content (AvgIpc) is 2.76. The summed E-state index contributed by atoms with van der Waals surface area (Å²) in [5, 5.41) is 11.1. The van der Waals surface area contributed by atoms with Crippen molar-refractivity contribution in [1.29, 1.82) is 0 Å². The third kappa shape index (κ3) is 4.57. The van der Waals surface area contributed by atoms with Crippen molar-refractivity contribution < 1.29 is 9.59 Å². The Morgan fingerprint density at radius 2 is 1.71 bits per heavy atom. The number of nitrogens with zero attached hydrogens (tertiary/aromatic N) is 5. The third-order valence-electron chi connectivity index (χ3n) is 4.92. The molecule has 8 heteroatoms. The van der Waals surface area contributed by atoms with Crippen molar-refractivity contribution in [3.05, 3.63) is 42.1 Å². The van der Waals surface area contributed by atoms with Crippen molar-refractivity contribution in [2.75, 3.05) is 54.4 Å². The number of carbonyl (C=O) groups excluding carboxylic acids is 2. The van der Waals surface area contributed by atoms with Crippen LogP contribution in [0.5, 0.6) is 0 Å². The van der Waals surface area contributed by atoms with Gasteiger partial charge in [0.15, 0.2) is 11.5 Å². The summed E-state index contributed by atoms with van der Waals surface area (Å²) in [6.45, 7) is 8.85. The van der Waals surface area contributed by atoms with E-state index in [2.05, 4.69) is 39.2 Å². The molecule has 3 rings (SSSR count). The summed E-state index contributed by atoms with van der Waals surface area (Å²) in [7, 11) is 0. The molecular formula is C20H26N6O2. The van der Waals surface area contributed by atoms with Gasteiger partial charge in [-0.05, 0) is 50.2 Å². The maximum absolute atomic E-state index is 12.4. The van der Waals surface area contributed by atoms with Crippen molar-refractivity contribution in [3.63, 3.8) is 0 Å². The third-order valence-corrected chi connectivity index (χ3v) is 4.92. The molecule has 2 amide bonds. The normalized spacial score (nSPS) is 13.9. The summed E-state index contributed by atoms with van der Waals surface area (Å²) in [4.78, 5) is 29.2. The number of nitrogens with one attached hydrogen (secondary N) is 1. The van der Waals surface area contributed by atoms with Gasteiger partial charge in [-0.15, -0.1) is 10.2 Å². The first-order valence-electron chi connectivity index (χ1n) is 9.59. The van der Waals surface area contributed by atoms with E-state index >= 15 is 0 Å². The number of anilines is 3. The minimum atomic E-state index is -0.291. The van der Waals surface area contributed by atoms with Crippen LogP contribution in [-0.2, 0) is 4.79 Å². The molecule has 1 fully saturated rings. The fraction of sp³-hybridized carbons (Fsp3) is 0.400. The lowest BCUT2D eigenvalue weighted by molar-refractivity contribution is -0.118. The Morgan fingerprint density at radius 1 is 1.04 bits per heavy atom. The molecule has 0 atom stereocenters. The quantitative estimate of drug-likeness (QED) is 0.736. The second-order valence-corrected chi connectivity index (χ2v) is 6.58. The van der Waals surface area contributed by atoms with Crippen LogP contribution in [0.4, 0.5) is 17.2 Å². The van der Waals surface area contributed by atoms with Crippen LogP contribution >= 0.6 is 0 Å². The zero-order valence-electron chi connectivity index (χ0n) is 16.3. The van der Waals surface area contributed by atoms with Gasteiger partial charge in [0.05, 0.1) is 0 Å². The molecule has 2 heterocycles. The fourth-order valence-corrected chi connectivity index (χ4v) is 3.21. The molecule has 1 aromatic carbocycles. The van der Waals surface area contributed by atoms with Crippen molar-refractivity contribution in [1.82, 2.24) is 15.1 Å². The first-order chi connectivity index (χ1) is 13.6. The monoisotopic (exact) mass is 382 g/mol. The smallest absolute Gasteiger partial charge is 0.276 e. The van der Waals surface area contributed by atoms with Gasteiger partial charge in [0.1, 0.15) is 0 Å². The van der Waals surface area contributed by atoms with Gasteiger partial charge in [0.2, 0.25) is 6.41 Å². The van der Waals surface area contributed by atoms with Crippen LogP contribution in [0.3, 0.4) is 0 Å². The van der Waals surface area contributed by atoms with Gasteiger partial charge in [0, 0.05) is 50.6 Å². The van der Waals surface area contributed by atoms with E-state index in [9.17, 15) is 9.59 Å². The highest BCUT2D eigenvalue weighted by molar-refractivity contribution is 6.02. The standard InChI is InChI=1S/C20H26N6O2/c1-3-25(4-2)17-7-5-16(6-8-17)21-20(28)18-9-10-19(23-22-18)26-13-11-24(15-27)12-14-26/h5-10,15H,3-4,11-14H2,1-2H3,(H,21,28). The SMILES string of the molecule is CCN(CC)c1ccc(NC(=O)c2ccc(N3CCN(C=O)CC3)nn2)cc1. The van der Waals surface area contributed by atoms with Gasteiger partial charge >= 0.3 is 0 Å². The van der Waals surface area contributed by atoms with Crippen molar-refractivity contribution in [2.45, 2.75) is 13.8 Å². The molecule has 28 heavy (non-hydrogen) atoms. The number of benzene rings is 1. The van der Waals surface area contributed by atoms with Crippen LogP contribution in [0.25, 0.3) is 0 Å². The van der Waals surface area contributed by atoms with E-state index < -0.39 is 0 Å². The molecule has 1 aliphatic rings. The van der Waals surface area contributed by atoms with E-state index in [-0.39, 0.29) is 11.6 Å². The van der Waals surface area contributed by atoms with E-state index in [1.165, 1.54) is 0 Å². The second-order valence-electron chi connectivity index (χ2n) is 6.58. The molecule has 0 aliphatic carbocycles. The molecule has 1 aromatic heterocycles. The topological polar surface area (TPSA) is 81.7 Å². The Kier molecular flexibility index (Phi) is 6.41. The lowest BCUT2D eigenvalue weighted by atomic mass is 10.2. The molecule has 2 aromatic rings. The Labute approximate surface area is 165 Å². The summed E-state index contributed by atoms with van der Waals surface area (Å²) in [5.74, 6) is 0.422. The van der Waals surface area contributed by atoms with Crippen LogP contribution in [0.1, 0.15) is 24.3 Å². The summed E-state index contributed by atoms with van der Waals surface area (Å²) in [5.41, 5.74) is 2.11. The van der Waals surface area contributed by atoms with Gasteiger partial charge in [-0.3, -0.25) is 9.59 Å². The number of hydrogen-bond acceptors (Lipinski definition) is 6. The molecule has 8 nitrogen and oxygen atoms in total. The van der Waals surface area contributed by atoms with Gasteiger partial charge in [-0.25, -0.2) is 0 Å². The van der Waals surface area contributed by atoms with Gasteiger partial charge in [-0.1, -0.05) is 0 Å². The Morgan fingerprint density at radius 3 is 2.25 bits per heavy atom. The first kappa shape index (κ1) is 19.6. The number of piperazine rings is 1. The maximum Gasteiger partial charge on any atom is 0.276 e. The molecule has 0 radical (unpaired) electrons. The highest BCUT2D eigenvalue weighted by atomic mass is 16.2. The lowest BCUT2D eigenvalue weighted by Gasteiger charge is -2.32. The highest BCUT2D eigenvalue weighted by Crippen LogP contribution is 2.18. The Balaban J connectivity index is 1.59. The van der Waals surface area contributed by atoms with Gasteiger partial charge < -0.3 is 20.0 Å². The molecule has 1 aliphatic heterocycles. The molecule has 1 N–H and O–H groups in total. The Hall–Kier alpha value is -3.16. The predicted molar refractivity (Wildman–Crippen MR) is 110 cm³/mol. The average molecular weight is 382 g/mol. The van der Waals surface area contributed by atoms with Gasteiger partial charge in [0.25, 0.3) is 5.91 Å². The molecule has 0 spiro atoms. The van der Waals surface area contributed by atoms with Crippen LogP contribution in [0, 0.1) is 0 Å². The summed E-state index contributed by atoms with van der Waals surface area (Å²) in [6.07, 6.45) is 0.866. The van der Waals surface area contributed by atoms with E-state index in [0.717, 1.165) is 30.9 Å². The minimum absolute atomic E-state index is 0.267. The van der Waals surface area contributed by atoms with E-state index in [0.29, 0.717) is 32.0 Å². The lowest BCUT2D eigenvalue weighted by Crippen LogP contribution is -2.46. The highest BCUT2D eigenvalue weighted by Gasteiger charge is 2.18. The van der Waals surface area contributed by atoms with Crippen molar-refractivity contribution in [2.24, 2.45) is 0 Å². The van der Waals surface area contributed by atoms with E-state index in [1.54, 1.807) is 17.0 Å². The summed E-state index contributed by atoms with van der Waals surface area (Å²) in [6, 6.07) is 11.2.